The van der Waals surface area contributed by atoms with E-state index < -0.39 is 0 Å². The molecule has 1 aliphatic rings. The van der Waals surface area contributed by atoms with Crippen molar-refractivity contribution in [2.24, 2.45) is 0 Å². The molecule has 3 rings (SSSR count). The predicted molar refractivity (Wildman–Crippen MR) is 91.3 cm³/mol. The van der Waals surface area contributed by atoms with Gasteiger partial charge in [-0.05, 0) is 30.3 Å². The van der Waals surface area contributed by atoms with Crippen molar-refractivity contribution in [2.75, 3.05) is 17.4 Å². The highest BCUT2D eigenvalue weighted by Crippen LogP contribution is 2.40. The fourth-order valence-corrected chi connectivity index (χ4v) is 2.68. The molecule has 0 aromatic heterocycles. The summed E-state index contributed by atoms with van der Waals surface area (Å²) >= 11 is 12.2. The maximum Gasteiger partial charge on any atom is 0.255 e. The zero-order valence-electron chi connectivity index (χ0n) is 12.5. The number of halogens is 2. The third kappa shape index (κ3) is 3.39. The number of anilines is 2. The normalized spacial score (nSPS) is 12.0. The Morgan fingerprint density at radius 3 is 2.54 bits per heavy atom. The van der Waals surface area contributed by atoms with Crippen LogP contribution in [0.5, 0.6) is 11.5 Å². The molecule has 2 aromatic rings. The fourth-order valence-electron chi connectivity index (χ4n) is 2.19. The monoisotopic (exact) mass is 366 g/mol. The van der Waals surface area contributed by atoms with E-state index in [1.807, 2.05) is 0 Å². The van der Waals surface area contributed by atoms with Crippen molar-refractivity contribution < 1.29 is 19.1 Å². The molecule has 0 aliphatic carbocycles. The van der Waals surface area contributed by atoms with E-state index in [1.54, 1.807) is 24.3 Å². The SMILES string of the molecule is CC(=O)Nc1ccc(NC(=O)c2cc(Cl)c3c(c2)OCO3)cc1Cl. The molecule has 0 saturated carbocycles. The highest BCUT2D eigenvalue weighted by molar-refractivity contribution is 6.34. The van der Waals surface area contributed by atoms with Crippen molar-refractivity contribution in [3.8, 4) is 11.5 Å². The summed E-state index contributed by atoms with van der Waals surface area (Å²) in [5, 5.41) is 5.91. The van der Waals surface area contributed by atoms with Gasteiger partial charge in [0.25, 0.3) is 5.91 Å². The summed E-state index contributed by atoms with van der Waals surface area (Å²) in [5.41, 5.74) is 1.27. The number of benzene rings is 2. The fraction of sp³-hybridized carbons (Fsp3) is 0.125. The van der Waals surface area contributed by atoms with Gasteiger partial charge in [0, 0.05) is 18.2 Å². The van der Waals surface area contributed by atoms with Crippen molar-refractivity contribution in [3.05, 3.63) is 45.9 Å². The van der Waals surface area contributed by atoms with Crippen LogP contribution in [0.3, 0.4) is 0 Å². The molecule has 0 spiro atoms. The minimum atomic E-state index is -0.376. The second kappa shape index (κ2) is 6.59. The Bertz CT molecular complexity index is 839. The Labute approximate surface area is 147 Å². The highest BCUT2D eigenvalue weighted by Gasteiger charge is 2.20. The Hall–Kier alpha value is -2.44. The molecule has 124 valence electrons. The molecule has 0 radical (unpaired) electrons. The standard InChI is InChI=1S/C16H12Cl2N2O4/c1-8(21)19-13-3-2-10(6-11(13)17)20-16(22)9-4-12(18)15-14(5-9)23-7-24-15/h2-6H,7H2,1H3,(H,19,21)(H,20,22). The number of ether oxygens (including phenoxy) is 2. The van der Waals surface area contributed by atoms with Crippen LogP contribution in [0, 0.1) is 0 Å². The number of rotatable bonds is 3. The number of carbonyl (C=O) groups excluding carboxylic acids is 2. The summed E-state index contributed by atoms with van der Waals surface area (Å²) in [5.74, 6) is 0.241. The van der Waals surface area contributed by atoms with Gasteiger partial charge in [-0.15, -0.1) is 0 Å². The van der Waals surface area contributed by atoms with Crippen LogP contribution in [-0.2, 0) is 4.79 Å². The van der Waals surface area contributed by atoms with Crippen LogP contribution in [0.4, 0.5) is 11.4 Å². The van der Waals surface area contributed by atoms with Gasteiger partial charge in [0.05, 0.1) is 15.7 Å². The topological polar surface area (TPSA) is 76.7 Å². The van der Waals surface area contributed by atoms with Crippen LogP contribution in [0.2, 0.25) is 10.0 Å². The smallest absolute Gasteiger partial charge is 0.255 e. The van der Waals surface area contributed by atoms with E-state index in [0.29, 0.717) is 38.5 Å². The van der Waals surface area contributed by atoms with Gasteiger partial charge in [-0.1, -0.05) is 23.2 Å². The average molecular weight is 367 g/mol. The molecule has 2 amide bonds. The summed E-state index contributed by atoms with van der Waals surface area (Å²) in [4.78, 5) is 23.4. The van der Waals surface area contributed by atoms with Gasteiger partial charge in [0.15, 0.2) is 11.5 Å². The molecule has 8 heteroatoms. The zero-order chi connectivity index (χ0) is 17.3. The first-order valence-electron chi connectivity index (χ1n) is 6.91. The van der Waals surface area contributed by atoms with Crippen LogP contribution in [0.25, 0.3) is 0 Å². The lowest BCUT2D eigenvalue weighted by Gasteiger charge is -2.10. The van der Waals surface area contributed by atoms with Crippen molar-refractivity contribution in [1.82, 2.24) is 0 Å². The van der Waals surface area contributed by atoms with Gasteiger partial charge in [0.2, 0.25) is 12.7 Å². The Balaban J connectivity index is 1.79. The van der Waals surface area contributed by atoms with Crippen LogP contribution < -0.4 is 20.1 Å². The predicted octanol–water partition coefficient (Wildman–Crippen LogP) is 3.93. The van der Waals surface area contributed by atoms with Gasteiger partial charge in [-0.3, -0.25) is 9.59 Å². The lowest BCUT2D eigenvalue weighted by atomic mass is 10.1. The van der Waals surface area contributed by atoms with Crippen LogP contribution in [-0.4, -0.2) is 18.6 Å². The van der Waals surface area contributed by atoms with Crippen molar-refractivity contribution in [2.45, 2.75) is 6.92 Å². The molecule has 0 unspecified atom stereocenters. The van der Waals surface area contributed by atoms with Crippen LogP contribution in [0.1, 0.15) is 17.3 Å². The molecule has 1 heterocycles. The third-order valence-electron chi connectivity index (χ3n) is 3.23. The minimum Gasteiger partial charge on any atom is -0.454 e. The summed E-state index contributed by atoms with van der Waals surface area (Å²) in [6, 6.07) is 7.82. The summed E-state index contributed by atoms with van der Waals surface area (Å²) < 4.78 is 10.4. The summed E-state index contributed by atoms with van der Waals surface area (Å²) in [6.07, 6.45) is 0. The summed E-state index contributed by atoms with van der Waals surface area (Å²) in [6.45, 7) is 1.45. The Kier molecular flexibility index (Phi) is 4.51. The lowest BCUT2D eigenvalue weighted by molar-refractivity contribution is -0.114. The molecule has 6 nitrogen and oxygen atoms in total. The van der Waals surface area contributed by atoms with E-state index in [0.717, 1.165) is 0 Å². The second-order valence-corrected chi connectivity index (χ2v) is 5.84. The zero-order valence-corrected chi connectivity index (χ0v) is 14.0. The molecule has 2 N–H and O–H groups in total. The van der Waals surface area contributed by atoms with E-state index in [-0.39, 0.29) is 18.6 Å². The maximum absolute atomic E-state index is 12.4. The van der Waals surface area contributed by atoms with Crippen molar-refractivity contribution in [3.63, 3.8) is 0 Å². The quantitative estimate of drug-likeness (QED) is 0.862. The Morgan fingerprint density at radius 2 is 1.83 bits per heavy atom. The molecular weight excluding hydrogens is 355 g/mol. The van der Waals surface area contributed by atoms with Crippen molar-refractivity contribution >= 4 is 46.4 Å². The molecule has 2 aromatic carbocycles. The molecule has 24 heavy (non-hydrogen) atoms. The number of carbonyl (C=O) groups is 2. The molecule has 1 aliphatic heterocycles. The summed E-state index contributed by atoms with van der Waals surface area (Å²) in [7, 11) is 0. The lowest BCUT2D eigenvalue weighted by Crippen LogP contribution is -2.12. The molecule has 0 saturated heterocycles. The van der Waals surface area contributed by atoms with Gasteiger partial charge in [-0.2, -0.15) is 0 Å². The number of fused-ring (bicyclic) bond motifs is 1. The number of nitrogens with one attached hydrogen (secondary N) is 2. The van der Waals surface area contributed by atoms with E-state index in [1.165, 1.54) is 13.0 Å². The largest absolute Gasteiger partial charge is 0.454 e. The average Bonchev–Trinajstić information content (AvgIpc) is 2.98. The van der Waals surface area contributed by atoms with Gasteiger partial charge in [-0.25, -0.2) is 0 Å². The van der Waals surface area contributed by atoms with Crippen LogP contribution in [0.15, 0.2) is 30.3 Å². The van der Waals surface area contributed by atoms with E-state index in [9.17, 15) is 9.59 Å². The first-order valence-corrected chi connectivity index (χ1v) is 7.67. The number of hydrogen-bond acceptors (Lipinski definition) is 4. The van der Waals surface area contributed by atoms with Crippen molar-refractivity contribution in [1.29, 1.82) is 0 Å². The van der Waals surface area contributed by atoms with Gasteiger partial charge >= 0.3 is 0 Å². The minimum absolute atomic E-state index is 0.0698. The first-order chi connectivity index (χ1) is 11.4. The van der Waals surface area contributed by atoms with Gasteiger partial charge < -0.3 is 20.1 Å². The van der Waals surface area contributed by atoms with Crippen LogP contribution >= 0.6 is 23.2 Å². The van der Waals surface area contributed by atoms with E-state index in [2.05, 4.69) is 10.6 Å². The molecule has 0 atom stereocenters. The second-order valence-electron chi connectivity index (χ2n) is 5.02. The van der Waals surface area contributed by atoms with Gasteiger partial charge in [0.1, 0.15) is 0 Å². The third-order valence-corrected chi connectivity index (χ3v) is 3.82. The molecule has 0 bridgehead atoms. The molecule has 0 fully saturated rings. The Morgan fingerprint density at radius 1 is 1.04 bits per heavy atom. The van der Waals surface area contributed by atoms with E-state index in [4.69, 9.17) is 32.7 Å². The number of amides is 2. The number of hydrogen-bond donors (Lipinski definition) is 2. The first kappa shape index (κ1) is 16.4. The van der Waals surface area contributed by atoms with E-state index >= 15 is 0 Å². The highest BCUT2D eigenvalue weighted by atomic mass is 35.5. The molecular formula is C16H12Cl2N2O4. The maximum atomic E-state index is 12.4.